The molecule has 5 nitrogen and oxygen atoms in total. The van der Waals surface area contributed by atoms with Gasteiger partial charge < -0.3 is 15.5 Å². The first kappa shape index (κ1) is 20.2. The van der Waals surface area contributed by atoms with Crippen LogP contribution in [0, 0.1) is 0 Å². The van der Waals surface area contributed by atoms with Crippen molar-refractivity contribution in [1.82, 2.24) is 10.6 Å². The molecule has 1 heterocycles. The van der Waals surface area contributed by atoms with Gasteiger partial charge >= 0.3 is 11.8 Å². The molecule has 2 amide bonds. The number of carbonyl (C=O) groups is 2. The van der Waals surface area contributed by atoms with Crippen LogP contribution in [0.4, 0.5) is 5.69 Å². The summed E-state index contributed by atoms with van der Waals surface area (Å²) in [7, 11) is 0. The predicted molar refractivity (Wildman–Crippen MR) is 113 cm³/mol. The highest BCUT2D eigenvalue weighted by Crippen LogP contribution is 2.20. The van der Waals surface area contributed by atoms with Gasteiger partial charge in [-0.3, -0.25) is 9.59 Å². The molecule has 1 saturated heterocycles. The van der Waals surface area contributed by atoms with Crippen molar-refractivity contribution in [2.24, 2.45) is 0 Å². The van der Waals surface area contributed by atoms with Crippen LogP contribution >= 0.6 is 11.6 Å². The summed E-state index contributed by atoms with van der Waals surface area (Å²) >= 11 is 5.82. The lowest BCUT2D eigenvalue weighted by Crippen LogP contribution is -2.40. The average Bonchev–Trinajstić information content (AvgIpc) is 3.25. The molecule has 0 unspecified atom stereocenters. The normalized spacial score (nSPS) is 13.4. The third kappa shape index (κ3) is 5.99. The van der Waals surface area contributed by atoms with E-state index in [1.165, 1.54) is 24.1 Å². The van der Waals surface area contributed by atoms with Gasteiger partial charge in [0.05, 0.1) is 0 Å². The summed E-state index contributed by atoms with van der Waals surface area (Å²) < 4.78 is 0. The van der Waals surface area contributed by atoms with Gasteiger partial charge in [0.1, 0.15) is 0 Å². The Morgan fingerprint density at radius 3 is 2.14 bits per heavy atom. The number of rotatable bonds is 7. The van der Waals surface area contributed by atoms with E-state index < -0.39 is 11.8 Å². The Balaban J connectivity index is 1.33. The van der Waals surface area contributed by atoms with Gasteiger partial charge in [-0.05, 0) is 61.1 Å². The van der Waals surface area contributed by atoms with Crippen molar-refractivity contribution in [2.75, 3.05) is 24.5 Å². The van der Waals surface area contributed by atoms with Crippen molar-refractivity contribution >= 4 is 29.1 Å². The van der Waals surface area contributed by atoms with E-state index in [2.05, 4.69) is 39.8 Å². The highest BCUT2D eigenvalue weighted by atomic mass is 35.5. The van der Waals surface area contributed by atoms with E-state index in [-0.39, 0.29) is 0 Å². The van der Waals surface area contributed by atoms with Gasteiger partial charge in [-0.2, -0.15) is 0 Å². The first-order valence-corrected chi connectivity index (χ1v) is 10.1. The molecule has 0 atom stereocenters. The second-order valence-corrected chi connectivity index (χ2v) is 7.47. The van der Waals surface area contributed by atoms with Crippen LogP contribution in [0.5, 0.6) is 0 Å². The molecular weight excluding hydrogens is 374 g/mol. The summed E-state index contributed by atoms with van der Waals surface area (Å²) in [6.45, 7) is 3.06. The van der Waals surface area contributed by atoms with Crippen LogP contribution in [0.15, 0.2) is 48.5 Å². The Morgan fingerprint density at radius 1 is 0.857 bits per heavy atom. The van der Waals surface area contributed by atoms with E-state index in [1.807, 2.05) is 12.1 Å². The van der Waals surface area contributed by atoms with Crippen molar-refractivity contribution in [3.63, 3.8) is 0 Å². The molecule has 0 aromatic heterocycles. The van der Waals surface area contributed by atoms with Crippen LogP contribution in [0.2, 0.25) is 5.02 Å². The molecule has 0 bridgehead atoms. The molecule has 1 aliphatic heterocycles. The van der Waals surface area contributed by atoms with Crippen molar-refractivity contribution in [3.8, 4) is 0 Å². The first-order chi connectivity index (χ1) is 13.6. The summed E-state index contributed by atoms with van der Waals surface area (Å²) in [6.07, 6.45) is 4.20. The van der Waals surface area contributed by atoms with E-state index in [9.17, 15) is 9.59 Å². The molecule has 2 N–H and O–H groups in total. The summed E-state index contributed by atoms with van der Waals surface area (Å²) in [5.41, 5.74) is 3.42. The van der Waals surface area contributed by atoms with Crippen molar-refractivity contribution in [3.05, 3.63) is 64.7 Å². The fraction of sp³-hybridized carbons (Fsp3) is 0.364. The summed E-state index contributed by atoms with van der Waals surface area (Å²) in [4.78, 5) is 26.1. The van der Waals surface area contributed by atoms with Crippen LogP contribution < -0.4 is 15.5 Å². The fourth-order valence-corrected chi connectivity index (χ4v) is 3.41. The SMILES string of the molecule is O=C(NCCCc1ccc(N2CCCC2)cc1)C(=O)NCc1ccc(Cl)cc1. The number of nitrogens with one attached hydrogen (secondary N) is 2. The number of hydrogen-bond acceptors (Lipinski definition) is 3. The third-order valence-corrected chi connectivity index (χ3v) is 5.16. The van der Waals surface area contributed by atoms with E-state index in [0.717, 1.165) is 31.5 Å². The van der Waals surface area contributed by atoms with Gasteiger partial charge in [0.25, 0.3) is 0 Å². The lowest BCUT2D eigenvalue weighted by atomic mass is 10.1. The highest BCUT2D eigenvalue weighted by Gasteiger charge is 2.13. The Kier molecular flexibility index (Phi) is 7.31. The van der Waals surface area contributed by atoms with Crippen LogP contribution in [0.3, 0.4) is 0 Å². The zero-order valence-corrected chi connectivity index (χ0v) is 16.7. The molecule has 0 spiro atoms. The Bertz CT molecular complexity index is 784. The van der Waals surface area contributed by atoms with Gasteiger partial charge in [0, 0.05) is 36.9 Å². The minimum Gasteiger partial charge on any atom is -0.372 e. The molecule has 0 saturated carbocycles. The zero-order valence-electron chi connectivity index (χ0n) is 15.9. The Hall–Kier alpha value is -2.53. The number of anilines is 1. The average molecular weight is 400 g/mol. The Morgan fingerprint density at radius 2 is 1.46 bits per heavy atom. The first-order valence-electron chi connectivity index (χ1n) is 9.76. The van der Waals surface area contributed by atoms with Crippen LogP contribution in [0.1, 0.15) is 30.4 Å². The molecule has 2 aromatic rings. The third-order valence-electron chi connectivity index (χ3n) is 4.91. The quantitative estimate of drug-likeness (QED) is 0.554. The summed E-state index contributed by atoms with van der Waals surface area (Å²) in [6, 6.07) is 15.8. The molecule has 1 aliphatic rings. The number of hydrogen-bond donors (Lipinski definition) is 2. The fourth-order valence-electron chi connectivity index (χ4n) is 3.29. The lowest BCUT2D eigenvalue weighted by molar-refractivity contribution is -0.139. The second-order valence-electron chi connectivity index (χ2n) is 7.03. The molecule has 0 aliphatic carbocycles. The largest absolute Gasteiger partial charge is 0.372 e. The Labute approximate surface area is 171 Å². The lowest BCUT2D eigenvalue weighted by Gasteiger charge is -2.17. The molecule has 3 rings (SSSR count). The molecule has 1 fully saturated rings. The molecule has 28 heavy (non-hydrogen) atoms. The molecular formula is C22H26ClN3O2. The zero-order chi connectivity index (χ0) is 19.8. The number of carbonyl (C=O) groups excluding carboxylic acids is 2. The van der Waals surface area contributed by atoms with Crippen LogP contribution in [-0.4, -0.2) is 31.4 Å². The molecule has 0 radical (unpaired) electrons. The minimum absolute atomic E-state index is 0.298. The topological polar surface area (TPSA) is 61.4 Å². The maximum absolute atomic E-state index is 11.9. The monoisotopic (exact) mass is 399 g/mol. The minimum atomic E-state index is -0.620. The molecule has 2 aromatic carbocycles. The van der Waals surface area contributed by atoms with Crippen molar-refractivity contribution in [2.45, 2.75) is 32.2 Å². The number of nitrogens with zero attached hydrogens (tertiary/aromatic N) is 1. The maximum atomic E-state index is 11.9. The van der Waals surface area contributed by atoms with Crippen LogP contribution in [0.25, 0.3) is 0 Å². The van der Waals surface area contributed by atoms with E-state index >= 15 is 0 Å². The molecule has 148 valence electrons. The number of halogens is 1. The van der Waals surface area contributed by atoms with E-state index in [1.54, 1.807) is 12.1 Å². The smallest absolute Gasteiger partial charge is 0.309 e. The predicted octanol–water partition coefficient (Wildman–Crippen LogP) is 3.31. The number of amides is 2. The number of benzene rings is 2. The standard InChI is InChI=1S/C22H26ClN3O2/c23-19-9-5-18(6-10-19)16-25-22(28)21(27)24-13-3-4-17-7-11-20(12-8-17)26-14-1-2-15-26/h5-12H,1-4,13-16H2,(H,24,27)(H,25,28). The van der Waals surface area contributed by atoms with Gasteiger partial charge in [-0.25, -0.2) is 0 Å². The van der Waals surface area contributed by atoms with E-state index in [4.69, 9.17) is 11.6 Å². The summed E-state index contributed by atoms with van der Waals surface area (Å²) in [5, 5.41) is 5.92. The second kappa shape index (κ2) is 10.1. The van der Waals surface area contributed by atoms with Gasteiger partial charge in [-0.15, -0.1) is 0 Å². The van der Waals surface area contributed by atoms with E-state index in [0.29, 0.717) is 18.1 Å². The van der Waals surface area contributed by atoms with Gasteiger partial charge in [0.15, 0.2) is 0 Å². The summed E-state index contributed by atoms with van der Waals surface area (Å²) in [5.74, 6) is -1.22. The highest BCUT2D eigenvalue weighted by molar-refractivity contribution is 6.35. The van der Waals surface area contributed by atoms with Gasteiger partial charge in [0.2, 0.25) is 0 Å². The molecule has 6 heteroatoms. The van der Waals surface area contributed by atoms with Gasteiger partial charge in [-0.1, -0.05) is 35.9 Å². The van der Waals surface area contributed by atoms with Crippen LogP contribution in [-0.2, 0) is 22.6 Å². The maximum Gasteiger partial charge on any atom is 0.309 e. The number of aryl methyl sites for hydroxylation is 1. The van der Waals surface area contributed by atoms with Crippen molar-refractivity contribution in [1.29, 1.82) is 0 Å². The van der Waals surface area contributed by atoms with Crippen molar-refractivity contribution < 1.29 is 9.59 Å².